The van der Waals surface area contributed by atoms with Gasteiger partial charge in [-0.2, -0.15) is 0 Å². The number of piperidine rings is 1. The Bertz CT molecular complexity index is 448. The van der Waals surface area contributed by atoms with Gasteiger partial charge in [0, 0.05) is 11.0 Å². The summed E-state index contributed by atoms with van der Waals surface area (Å²) < 4.78 is 1.05. The predicted molar refractivity (Wildman–Crippen MR) is 85.5 cm³/mol. The van der Waals surface area contributed by atoms with E-state index in [0.29, 0.717) is 6.54 Å². The third-order valence-corrected chi connectivity index (χ3v) is 4.28. The highest BCUT2D eigenvalue weighted by Gasteiger charge is 2.27. The standard InChI is InChI=1S/C16H23BrN2O/c1-2-9-19-10-4-3-8-15(19)16(20)18-12-13-6-5-7-14(17)11-13/h5-7,11,15H,2-4,8-10,12H2,1H3,(H,18,20). The number of benzene rings is 1. The van der Waals surface area contributed by atoms with Crippen LogP contribution in [0.25, 0.3) is 0 Å². The molecule has 2 rings (SSSR count). The van der Waals surface area contributed by atoms with Gasteiger partial charge < -0.3 is 5.32 Å². The minimum absolute atomic E-state index is 0.0656. The van der Waals surface area contributed by atoms with Crippen LogP contribution in [-0.2, 0) is 11.3 Å². The maximum absolute atomic E-state index is 12.4. The Morgan fingerprint density at radius 3 is 3.05 bits per heavy atom. The number of hydrogen-bond acceptors (Lipinski definition) is 2. The van der Waals surface area contributed by atoms with Crippen molar-refractivity contribution in [3.8, 4) is 0 Å². The number of rotatable bonds is 5. The molecule has 0 aliphatic carbocycles. The van der Waals surface area contributed by atoms with E-state index in [1.165, 1.54) is 6.42 Å². The van der Waals surface area contributed by atoms with Crippen LogP contribution in [-0.4, -0.2) is 29.9 Å². The Balaban J connectivity index is 1.89. The summed E-state index contributed by atoms with van der Waals surface area (Å²) in [7, 11) is 0. The minimum atomic E-state index is 0.0656. The molecule has 1 saturated heterocycles. The normalized spacial score (nSPS) is 19.8. The van der Waals surface area contributed by atoms with Gasteiger partial charge in [-0.1, -0.05) is 41.4 Å². The van der Waals surface area contributed by atoms with Gasteiger partial charge in [0.1, 0.15) is 0 Å². The van der Waals surface area contributed by atoms with Crippen molar-refractivity contribution in [2.75, 3.05) is 13.1 Å². The zero-order valence-corrected chi connectivity index (χ0v) is 13.7. The monoisotopic (exact) mass is 338 g/mol. The van der Waals surface area contributed by atoms with Crippen LogP contribution in [0.2, 0.25) is 0 Å². The summed E-state index contributed by atoms with van der Waals surface area (Å²) in [4.78, 5) is 14.7. The fourth-order valence-corrected chi connectivity index (χ4v) is 3.24. The van der Waals surface area contributed by atoms with Gasteiger partial charge in [-0.25, -0.2) is 0 Å². The number of hydrogen-bond donors (Lipinski definition) is 1. The summed E-state index contributed by atoms with van der Waals surface area (Å²) in [6.07, 6.45) is 4.48. The quantitative estimate of drug-likeness (QED) is 0.892. The SMILES string of the molecule is CCCN1CCCCC1C(=O)NCc1cccc(Br)c1. The molecule has 0 bridgehead atoms. The molecule has 1 amide bonds. The maximum atomic E-state index is 12.4. The van der Waals surface area contributed by atoms with E-state index >= 15 is 0 Å². The summed E-state index contributed by atoms with van der Waals surface area (Å²) in [6.45, 7) is 4.86. The van der Waals surface area contributed by atoms with Gasteiger partial charge in [0.2, 0.25) is 5.91 Å². The second kappa shape index (κ2) is 7.79. The molecule has 1 aromatic carbocycles. The van der Waals surface area contributed by atoms with Gasteiger partial charge in [0.25, 0.3) is 0 Å². The molecule has 0 radical (unpaired) electrons. The molecule has 1 heterocycles. The van der Waals surface area contributed by atoms with E-state index in [2.05, 4.69) is 33.1 Å². The first kappa shape index (κ1) is 15.5. The highest BCUT2D eigenvalue weighted by Crippen LogP contribution is 2.18. The average molecular weight is 339 g/mol. The van der Waals surface area contributed by atoms with Crippen LogP contribution in [0.4, 0.5) is 0 Å². The van der Waals surface area contributed by atoms with Gasteiger partial charge in [0.05, 0.1) is 6.04 Å². The molecule has 0 aromatic heterocycles. The van der Waals surface area contributed by atoms with Crippen molar-refractivity contribution in [2.45, 2.75) is 45.2 Å². The third kappa shape index (κ3) is 4.32. The van der Waals surface area contributed by atoms with Gasteiger partial charge in [-0.3, -0.25) is 9.69 Å². The molecule has 1 aliphatic heterocycles. The van der Waals surface area contributed by atoms with Crippen molar-refractivity contribution in [3.63, 3.8) is 0 Å². The van der Waals surface area contributed by atoms with Crippen LogP contribution >= 0.6 is 15.9 Å². The van der Waals surface area contributed by atoms with Crippen LogP contribution < -0.4 is 5.32 Å². The van der Waals surface area contributed by atoms with Gasteiger partial charge in [-0.05, 0) is 50.0 Å². The third-order valence-electron chi connectivity index (χ3n) is 3.78. The summed E-state index contributed by atoms with van der Waals surface area (Å²) in [5.41, 5.74) is 1.13. The molecule has 1 N–H and O–H groups in total. The maximum Gasteiger partial charge on any atom is 0.237 e. The van der Waals surface area contributed by atoms with Crippen LogP contribution in [0.5, 0.6) is 0 Å². The lowest BCUT2D eigenvalue weighted by atomic mass is 10.0. The van der Waals surface area contributed by atoms with Crippen molar-refractivity contribution < 1.29 is 4.79 Å². The molecule has 1 fully saturated rings. The fraction of sp³-hybridized carbons (Fsp3) is 0.562. The summed E-state index contributed by atoms with van der Waals surface area (Å²) in [5.74, 6) is 0.179. The highest BCUT2D eigenvalue weighted by molar-refractivity contribution is 9.10. The summed E-state index contributed by atoms with van der Waals surface area (Å²) >= 11 is 3.45. The van der Waals surface area contributed by atoms with E-state index in [1.54, 1.807) is 0 Å². The van der Waals surface area contributed by atoms with Crippen molar-refractivity contribution in [3.05, 3.63) is 34.3 Å². The Hall–Kier alpha value is -0.870. The highest BCUT2D eigenvalue weighted by atomic mass is 79.9. The topological polar surface area (TPSA) is 32.3 Å². The molecular weight excluding hydrogens is 316 g/mol. The van der Waals surface area contributed by atoms with E-state index in [-0.39, 0.29) is 11.9 Å². The first-order valence-electron chi connectivity index (χ1n) is 7.47. The lowest BCUT2D eigenvalue weighted by Crippen LogP contribution is -2.49. The predicted octanol–water partition coefficient (Wildman–Crippen LogP) is 3.33. The molecule has 0 spiro atoms. The lowest BCUT2D eigenvalue weighted by molar-refractivity contribution is -0.127. The Morgan fingerprint density at radius 1 is 1.45 bits per heavy atom. The largest absolute Gasteiger partial charge is 0.351 e. The first-order valence-corrected chi connectivity index (χ1v) is 8.26. The Morgan fingerprint density at radius 2 is 2.30 bits per heavy atom. The molecule has 20 heavy (non-hydrogen) atoms. The zero-order valence-electron chi connectivity index (χ0n) is 12.1. The number of nitrogens with one attached hydrogen (secondary N) is 1. The first-order chi connectivity index (χ1) is 9.70. The van der Waals surface area contributed by atoms with Crippen LogP contribution in [0.3, 0.4) is 0 Å². The Labute approximate surface area is 129 Å². The second-order valence-corrected chi connectivity index (χ2v) is 6.31. The summed E-state index contributed by atoms with van der Waals surface area (Å²) in [6, 6.07) is 8.14. The van der Waals surface area contributed by atoms with Gasteiger partial charge >= 0.3 is 0 Å². The average Bonchev–Trinajstić information content (AvgIpc) is 2.46. The number of halogens is 1. The van der Waals surface area contributed by atoms with Gasteiger partial charge in [0.15, 0.2) is 0 Å². The molecule has 1 aliphatic rings. The molecule has 4 heteroatoms. The molecule has 1 atom stereocenters. The molecule has 0 saturated carbocycles. The zero-order chi connectivity index (χ0) is 14.4. The molecule has 1 aromatic rings. The van der Waals surface area contributed by atoms with E-state index in [1.807, 2.05) is 24.3 Å². The molecule has 110 valence electrons. The molecule has 3 nitrogen and oxygen atoms in total. The van der Waals surface area contributed by atoms with E-state index in [0.717, 1.165) is 42.4 Å². The van der Waals surface area contributed by atoms with Crippen molar-refractivity contribution in [1.29, 1.82) is 0 Å². The second-order valence-electron chi connectivity index (χ2n) is 5.40. The van der Waals surface area contributed by atoms with Crippen molar-refractivity contribution in [2.24, 2.45) is 0 Å². The smallest absolute Gasteiger partial charge is 0.237 e. The van der Waals surface area contributed by atoms with Crippen molar-refractivity contribution in [1.82, 2.24) is 10.2 Å². The van der Waals surface area contributed by atoms with E-state index in [9.17, 15) is 4.79 Å². The number of likely N-dealkylation sites (tertiary alicyclic amines) is 1. The number of carbonyl (C=O) groups is 1. The fourth-order valence-electron chi connectivity index (χ4n) is 2.80. The van der Waals surface area contributed by atoms with Crippen LogP contribution in [0, 0.1) is 0 Å². The van der Waals surface area contributed by atoms with Crippen molar-refractivity contribution >= 4 is 21.8 Å². The summed E-state index contributed by atoms with van der Waals surface area (Å²) in [5, 5.41) is 3.08. The van der Waals surface area contributed by atoms with E-state index in [4.69, 9.17) is 0 Å². The van der Waals surface area contributed by atoms with Crippen LogP contribution in [0.1, 0.15) is 38.2 Å². The Kier molecular flexibility index (Phi) is 6.05. The number of nitrogens with zero attached hydrogens (tertiary/aromatic N) is 1. The number of carbonyl (C=O) groups excluding carboxylic acids is 1. The lowest BCUT2D eigenvalue weighted by Gasteiger charge is -2.34. The van der Waals surface area contributed by atoms with Crippen LogP contribution in [0.15, 0.2) is 28.7 Å². The molecular formula is C16H23BrN2O. The van der Waals surface area contributed by atoms with E-state index < -0.39 is 0 Å². The number of amides is 1. The molecule has 1 unspecified atom stereocenters. The van der Waals surface area contributed by atoms with Gasteiger partial charge in [-0.15, -0.1) is 0 Å². The minimum Gasteiger partial charge on any atom is -0.351 e.